The molecule has 0 aliphatic heterocycles. The maximum absolute atomic E-state index is 5.57. The fourth-order valence-corrected chi connectivity index (χ4v) is 2.29. The van der Waals surface area contributed by atoms with E-state index in [1.165, 1.54) is 5.56 Å². The standard InChI is InChI=1S/C12H16N4S/c1-16(12-15-9-11(8-13)17-12)7-4-10-2-5-14-6-3-10/h2-3,5-6,9H,4,7-8,13H2,1H3. The summed E-state index contributed by atoms with van der Waals surface area (Å²) < 4.78 is 0. The maximum Gasteiger partial charge on any atom is 0.185 e. The quantitative estimate of drug-likeness (QED) is 0.874. The first-order chi connectivity index (χ1) is 8.29. The number of nitrogens with two attached hydrogens (primary N) is 1. The second-order valence-electron chi connectivity index (χ2n) is 3.84. The third-order valence-electron chi connectivity index (χ3n) is 2.55. The van der Waals surface area contributed by atoms with Crippen LogP contribution in [0.4, 0.5) is 5.13 Å². The van der Waals surface area contributed by atoms with E-state index < -0.39 is 0 Å². The van der Waals surface area contributed by atoms with Gasteiger partial charge in [-0.2, -0.15) is 0 Å². The van der Waals surface area contributed by atoms with E-state index in [9.17, 15) is 0 Å². The first kappa shape index (κ1) is 12.0. The van der Waals surface area contributed by atoms with E-state index in [4.69, 9.17) is 5.73 Å². The van der Waals surface area contributed by atoms with Crippen LogP contribution in [0.15, 0.2) is 30.7 Å². The van der Waals surface area contributed by atoms with Crippen LogP contribution in [-0.4, -0.2) is 23.6 Å². The van der Waals surface area contributed by atoms with E-state index >= 15 is 0 Å². The number of anilines is 1. The van der Waals surface area contributed by atoms with Gasteiger partial charge in [-0.05, 0) is 24.1 Å². The number of pyridine rings is 1. The Morgan fingerprint density at radius 1 is 1.35 bits per heavy atom. The van der Waals surface area contributed by atoms with Gasteiger partial charge in [-0.3, -0.25) is 4.98 Å². The molecule has 0 saturated carbocycles. The minimum atomic E-state index is 0.565. The van der Waals surface area contributed by atoms with E-state index in [1.807, 2.05) is 30.7 Å². The maximum atomic E-state index is 5.57. The Bertz CT molecular complexity index is 455. The van der Waals surface area contributed by atoms with Crippen molar-refractivity contribution >= 4 is 16.5 Å². The smallest absolute Gasteiger partial charge is 0.185 e. The largest absolute Gasteiger partial charge is 0.351 e. The summed E-state index contributed by atoms with van der Waals surface area (Å²) in [7, 11) is 2.06. The van der Waals surface area contributed by atoms with Crippen LogP contribution in [0.2, 0.25) is 0 Å². The lowest BCUT2D eigenvalue weighted by Crippen LogP contribution is -2.19. The third-order valence-corrected chi connectivity index (χ3v) is 3.69. The van der Waals surface area contributed by atoms with Gasteiger partial charge in [0.15, 0.2) is 5.13 Å². The number of hydrogen-bond donors (Lipinski definition) is 1. The lowest BCUT2D eigenvalue weighted by molar-refractivity contribution is 0.869. The summed E-state index contributed by atoms with van der Waals surface area (Å²) in [5, 5.41) is 1.03. The average molecular weight is 248 g/mol. The molecule has 0 bridgehead atoms. The van der Waals surface area contributed by atoms with Crippen LogP contribution in [-0.2, 0) is 13.0 Å². The lowest BCUT2D eigenvalue weighted by atomic mass is 10.2. The van der Waals surface area contributed by atoms with Gasteiger partial charge in [0.1, 0.15) is 0 Å². The molecule has 0 amide bonds. The van der Waals surface area contributed by atoms with Gasteiger partial charge in [-0.25, -0.2) is 4.98 Å². The van der Waals surface area contributed by atoms with Crippen molar-refractivity contribution in [2.45, 2.75) is 13.0 Å². The summed E-state index contributed by atoms with van der Waals surface area (Å²) >= 11 is 1.65. The molecule has 0 aromatic carbocycles. The van der Waals surface area contributed by atoms with Crippen molar-refractivity contribution in [1.29, 1.82) is 0 Å². The molecule has 2 aromatic rings. The zero-order valence-corrected chi connectivity index (χ0v) is 10.7. The fraction of sp³-hybridized carbons (Fsp3) is 0.333. The highest BCUT2D eigenvalue weighted by Crippen LogP contribution is 2.20. The molecule has 0 aliphatic rings. The first-order valence-corrected chi connectivity index (χ1v) is 6.36. The van der Waals surface area contributed by atoms with Gasteiger partial charge >= 0.3 is 0 Å². The third kappa shape index (κ3) is 3.25. The first-order valence-electron chi connectivity index (χ1n) is 5.54. The number of thiazole rings is 1. The second kappa shape index (κ2) is 5.75. The second-order valence-corrected chi connectivity index (χ2v) is 4.93. The minimum Gasteiger partial charge on any atom is -0.351 e. The Hall–Kier alpha value is -1.46. The van der Waals surface area contributed by atoms with Crippen molar-refractivity contribution in [3.8, 4) is 0 Å². The Balaban J connectivity index is 1.91. The van der Waals surface area contributed by atoms with Gasteiger partial charge in [0.05, 0.1) is 0 Å². The van der Waals surface area contributed by atoms with Crippen LogP contribution in [0, 0.1) is 0 Å². The summed E-state index contributed by atoms with van der Waals surface area (Å²) in [6, 6.07) is 4.09. The topological polar surface area (TPSA) is 55.0 Å². The molecule has 90 valence electrons. The molecule has 2 N–H and O–H groups in total. The molecule has 0 atom stereocenters. The van der Waals surface area contributed by atoms with Gasteiger partial charge in [-0.15, -0.1) is 11.3 Å². The molecule has 0 aliphatic carbocycles. The molecule has 2 aromatic heterocycles. The van der Waals surface area contributed by atoms with Crippen molar-refractivity contribution in [2.24, 2.45) is 5.73 Å². The fourth-order valence-electron chi connectivity index (χ4n) is 1.51. The van der Waals surface area contributed by atoms with E-state index in [0.717, 1.165) is 23.0 Å². The van der Waals surface area contributed by atoms with Gasteiger partial charge < -0.3 is 10.6 Å². The summed E-state index contributed by atoms with van der Waals surface area (Å²) in [5.41, 5.74) is 6.87. The predicted octanol–water partition coefficient (Wildman–Crippen LogP) is 1.68. The molecule has 5 heteroatoms. The Morgan fingerprint density at radius 2 is 2.12 bits per heavy atom. The van der Waals surface area contributed by atoms with Crippen molar-refractivity contribution in [1.82, 2.24) is 9.97 Å². The van der Waals surface area contributed by atoms with E-state index in [2.05, 4.69) is 21.9 Å². The number of likely N-dealkylation sites (N-methyl/N-ethyl adjacent to an activating group) is 1. The Kier molecular flexibility index (Phi) is 4.06. The van der Waals surface area contributed by atoms with E-state index in [0.29, 0.717) is 6.54 Å². The summed E-state index contributed by atoms with van der Waals surface area (Å²) in [6.07, 6.45) is 6.50. The van der Waals surface area contributed by atoms with Gasteiger partial charge in [0, 0.05) is 43.6 Å². The van der Waals surface area contributed by atoms with Crippen molar-refractivity contribution in [3.05, 3.63) is 41.2 Å². The van der Waals surface area contributed by atoms with Crippen molar-refractivity contribution in [3.63, 3.8) is 0 Å². The summed E-state index contributed by atoms with van der Waals surface area (Å²) in [5.74, 6) is 0. The number of aromatic nitrogens is 2. The predicted molar refractivity (Wildman–Crippen MR) is 71.2 cm³/mol. The van der Waals surface area contributed by atoms with Gasteiger partial charge in [0.25, 0.3) is 0 Å². The highest BCUT2D eigenvalue weighted by atomic mass is 32.1. The number of rotatable bonds is 5. The average Bonchev–Trinajstić information content (AvgIpc) is 2.86. The molecule has 0 saturated heterocycles. The molecular weight excluding hydrogens is 232 g/mol. The molecular formula is C12H16N4S. The Labute approximate surface area is 105 Å². The molecule has 0 spiro atoms. The normalized spacial score (nSPS) is 10.5. The van der Waals surface area contributed by atoms with Crippen molar-refractivity contribution < 1.29 is 0 Å². The Morgan fingerprint density at radius 3 is 2.76 bits per heavy atom. The van der Waals surface area contributed by atoms with Crippen LogP contribution in [0.5, 0.6) is 0 Å². The molecule has 0 radical (unpaired) electrons. The molecule has 0 fully saturated rings. The molecule has 2 heterocycles. The SMILES string of the molecule is CN(CCc1ccncc1)c1ncc(CN)s1. The van der Waals surface area contributed by atoms with Crippen molar-refractivity contribution in [2.75, 3.05) is 18.5 Å². The van der Waals surface area contributed by atoms with Gasteiger partial charge in [0.2, 0.25) is 0 Å². The van der Waals surface area contributed by atoms with Crippen LogP contribution in [0.3, 0.4) is 0 Å². The van der Waals surface area contributed by atoms with E-state index in [1.54, 1.807) is 11.3 Å². The number of nitrogens with zero attached hydrogens (tertiary/aromatic N) is 3. The van der Waals surface area contributed by atoms with Crippen LogP contribution >= 0.6 is 11.3 Å². The number of hydrogen-bond acceptors (Lipinski definition) is 5. The molecule has 17 heavy (non-hydrogen) atoms. The van der Waals surface area contributed by atoms with E-state index in [-0.39, 0.29) is 0 Å². The lowest BCUT2D eigenvalue weighted by Gasteiger charge is -2.15. The monoisotopic (exact) mass is 248 g/mol. The highest BCUT2D eigenvalue weighted by Gasteiger charge is 2.06. The molecule has 2 rings (SSSR count). The zero-order valence-electron chi connectivity index (χ0n) is 9.84. The molecule has 0 unspecified atom stereocenters. The highest BCUT2D eigenvalue weighted by molar-refractivity contribution is 7.15. The van der Waals surface area contributed by atoms with Crippen LogP contribution in [0.1, 0.15) is 10.4 Å². The van der Waals surface area contributed by atoms with Crippen LogP contribution in [0.25, 0.3) is 0 Å². The minimum absolute atomic E-state index is 0.565. The van der Waals surface area contributed by atoms with Gasteiger partial charge in [-0.1, -0.05) is 0 Å². The summed E-state index contributed by atoms with van der Waals surface area (Å²) in [4.78, 5) is 11.6. The summed E-state index contributed by atoms with van der Waals surface area (Å²) in [6.45, 7) is 1.51. The molecule has 4 nitrogen and oxygen atoms in total. The van der Waals surface area contributed by atoms with Crippen LogP contribution < -0.4 is 10.6 Å². The zero-order chi connectivity index (χ0) is 12.1.